The highest BCUT2D eigenvalue weighted by atomic mass is 32.2. The van der Waals surface area contributed by atoms with Crippen molar-refractivity contribution in [2.24, 2.45) is 21.6 Å². The number of hydrogen-bond donors (Lipinski definition) is 1. The second-order valence-corrected chi connectivity index (χ2v) is 11.8. The number of ether oxygens (including phenoxy) is 2. The Balaban J connectivity index is 1.49. The van der Waals surface area contributed by atoms with Gasteiger partial charge in [-0.25, -0.2) is 22.1 Å². The molecule has 2 aliphatic heterocycles. The first-order valence-corrected chi connectivity index (χ1v) is 11.8. The molecule has 1 aromatic rings. The molecule has 2 bridgehead atoms. The maximum Gasteiger partial charge on any atom is 0.243 e. The molecular formula is C21H25FN4O4S. The molecule has 3 saturated carbocycles. The molecule has 10 heteroatoms. The van der Waals surface area contributed by atoms with Gasteiger partial charge in [0, 0.05) is 18.0 Å². The zero-order chi connectivity index (χ0) is 22.2. The molecule has 6 rings (SSSR count). The molecule has 4 fully saturated rings. The van der Waals surface area contributed by atoms with Crippen LogP contribution in [0.3, 0.4) is 0 Å². The number of nitrogens with zero attached hydrogens (tertiary/aromatic N) is 3. The van der Waals surface area contributed by atoms with Crippen LogP contribution in [-0.2, 0) is 20.3 Å². The van der Waals surface area contributed by atoms with Crippen molar-refractivity contribution in [3.05, 3.63) is 29.6 Å². The fraction of sp³-hybridized carbons (Fsp3) is 0.619. The number of sulfonamides is 1. The molecule has 2 heterocycles. The summed E-state index contributed by atoms with van der Waals surface area (Å²) in [5.74, 6) is -0.347. The molecule has 3 aliphatic carbocycles. The Bertz CT molecular complexity index is 1110. The Labute approximate surface area is 180 Å². The van der Waals surface area contributed by atoms with Gasteiger partial charge >= 0.3 is 0 Å². The Morgan fingerprint density at radius 2 is 2.13 bits per heavy atom. The number of aliphatic imine (C=N–C) groups is 1. The van der Waals surface area contributed by atoms with Crippen molar-refractivity contribution in [1.29, 1.82) is 5.26 Å². The summed E-state index contributed by atoms with van der Waals surface area (Å²) in [5.41, 5.74) is 4.41. The number of nitrogens with two attached hydrogens (primary N) is 1. The third-order valence-electron chi connectivity index (χ3n) is 7.37. The van der Waals surface area contributed by atoms with Gasteiger partial charge in [-0.05, 0) is 50.8 Å². The maximum atomic E-state index is 15.1. The average molecular weight is 449 g/mol. The van der Waals surface area contributed by atoms with Gasteiger partial charge in [-0.2, -0.15) is 5.26 Å². The third kappa shape index (κ3) is 2.79. The van der Waals surface area contributed by atoms with Crippen LogP contribution in [0.15, 0.2) is 23.2 Å². The van der Waals surface area contributed by atoms with Crippen molar-refractivity contribution >= 4 is 16.0 Å². The molecule has 2 N–H and O–H groups in total. The van der Waals surface area contributed by atoms with Crippen molar-refractivity contribution in [1.82, 2.24) is 4.31 Å². The standard InChI is InChI=1S/C21H25FN4O4S/c1-13-5-17-21(12-29-13,25-18(24)26(2)31(17,27)28)15-6-14(3-4-16(15)22)30-11-20-7-19(8-20,9-20)10-23/h3-4,6,13,17H,5,7-9,11-12H2,1-2H3,(H2,24,25)/t13-,17+,19?,20?,21+/m0/s1. The highest BCUT2D eigenvalue weighted by Gasteiger charge is 2.68. The molecule has 1 aromatic carbocycles. The summed E-state index contributed by atoms with van der Waals surface area (Å²) < 4.78 is 54.1. The Morgan fingerprint density at radius 1 is 1.42 bits per heavy atom. The number of rotatable bonds is 4. The summed E-state index contributed by atoms with van der Waals surface area (Å²) >= 11 is 0. The molecule has 0 amide bonds. The number of fused-ring (bicyclic) bond motifs is 1. The monoisotopic (exact) mass is 448 g/mol. The first-order valence-electron chi connectivity index (χ1n) is 10.3. The van der Waals surface area contributed by atoms with E-state index in [4.69, 9.17) is 15.2 Å². The summed E-state index contributed by atoms with van der Waals surface area (Å²) in [5, 5.41) is 8.18. The fourth-order valence-corrected chi connectivity index (χ4v) is 7.68. The Hall–Kier alpha value is -2.38. The lowest BCUT2D eigenvalue weighted by Crippen LogP contribution is -2.63. The molecule has 3 atom stereocenters. The number of hydrogen-bond acceptors (Lipinski definition) is 7. The van der Waals surface area contributed by atoms with E-state index in [1.807, 2.05) is 0 Å². The van der Waals surface area contributed by atoms with Gasteiger partial charge in [0.2, 0.25) is 16.0 Å². The van der Waals surface area contributed by atoms with Crippen LogP contribution in [0.4, 0.5) is 4.39 Å². The zero-order valence-corrected chi connectivity index (χ0v) is 18.3. The maximum absolute atomic E-state index is 15.1. The Morgan fingerprint density at radius 3 is 2.81 bits per heavy atom. The largest absolute Gasteiger partial charge is 0.493 e. The molecule has 8 nitrogen and oxygen atoms in total. The molecule has 0 unspecified atom stereocenters. The first kappa shape index (κ1) is 20.5. The molecule has 166 valence electrons. The van der Waals surface area contributed by atoms with Crippen LogP contribution in [-0.4, -0.2) is 50.3 Å². The smallest absolute Gasteiger partial charge is 0.243 e. The quantitative estimate of drug-likeness (QED) is 0.751. The van der Waals surface area contributed by atoms with Crippen LogP contribution in [0, 0.1) is 28.0 Å². The predicted molar refractivity (Wildman–Crippen MR) is 110 cm³/mol. The second-order valence-electron chi connectivity index (χ2n) is 9.61. The third-order valence-corrected chi connectivity index (χ3v) is 9.62. The number of nitriles is 1. The lowest BCUT2D eigenvalue weighted by atomic mass is 9.36. The lowest BCUT2D eigenvalue weighted by molar-refractivity contribution is -0.181. The average Bonchev–Trinajstić information content (AvgIpc) is 2.67. The van der Waals surface area contributed by atoms with Crippen molar-refractivity contribution < 1.29 is 22.3 Å². The van der Waals surface area contributed by atoms with Crippen LogP contribution < -0.4 is 10.5 Å². The number of benzene rings is 1. The van der Waals surface area contributed by atoms with Crippen molar-refractivity contribution in [3.8, 4) is 11.8 Å². The van der Waals surface area contributed by atoms with Gasteiger partial charge in [0.15, 0.2) is 0 Å². The van der Waals surface area contributed by atoms with E-state index in [-0.39, 0.29) is 41.5 Å². The van der Waals surface area contributed by atoms with Crippen molar-refractivity contribution in [2.75, 3.05) is 20.3 Å². The summed E-state index contributed by atoms with van der Waals surface area (Å²) in [6.07, 6.45) is 2.35. The van der Waals surface area contributed by atoms with Gasteiger partial charge < -0.3 is 15.2 Å². The van der Waals surface area contributed by atoms with Crippen molar-refractivity contribution in [2.45, 2.75) is 49.5 Å². The van der Waals surface area contributed by atoms with Crippen molar-refractivity contribution in [3.63, 3.8) is 0 Å². The first-order chi connectivity index (χ1) is 14.5. The minimum atomic E-state index is -3.85. The number of guanidine groups is 1. The van der Waals surface area contributed by atoms with E-state index in [1.165, 1.54) is 25.2 Å². The van der Waals surface area contributed by atoms with Crippen LogP contribution in [0.5, 0.6) is 5.75 Å². The van der Waals surface area contributed by atoms with E-state index >= 15 is 4.39 Å². The molecule has 31 heavy (non-hydrogen) atoms. The lowest BCUT2D eigenvalue weighted by Gasteiger charge is -2.66. The highest BCUT2D eigenvalue weighted by molar-refractivity contribution is 7.90. The minimum absolute atomic E-state index is 0.0218. The molecule has 0 spiro atoms. The molecular weight excluding hydrogens is 423 g/mol. The topological polar surface area (TPSA) is 118 Å². The molecule has 0 radical (unpaired) electrons. The summed E-state index contributed by atoms with van der Waals surface area (Å²) in [6, 6.07) is 6.68. The SMILES string of the molecule is C[C@H]1C[C@@H]2[C@](c3cc(OCC45CC(C#N)(C4)C5)ccc3F)(CO1)N=C(N)N(C)S2(=O)=O. The van der Waals surface area contributed by atoms with E-state index < -0.39 is 26.6 Å². The van der Waals surface area contributed by atoms with E-state index in [2.05, 4.69) is 11.1 Å². The molecule has 0 aromatic heterocycles. The minimum Gasteiger partial charge on any atom is -0.493 e. The predicted octanol–water partition coefficient (Wildman–Crippen LogP) is 1.86. The normalized spacial score (nSPS) is 39.9. The van der Waals surface area contributed by atoms with Crippen LogP contribution in [0.1, 0.15) is 38.2 Å². The van der Waals surface area contributed by atoms with Gasteiger partial charge in [-0.15, -0.1) is 0 Å². The van der Waals surface area contributed by atoms with Gasteiger partial charge in [-0.3, -0.25) is 0 Å². The molecule has 5 aliphatic rings. The molecule has 1 saturated heterocycles. The van der Waals surface area contributed by atoms with Crippen LogP contribution in [0.2, 0.25) is 0 Å². The summed E-state index contributed by atoms with van der Waals surface area (Å²) in [7, 11) is -2.50. The summed E-state index contributed by atoms with van der Waals surface area (Å²) in [6.45, 7) is 2.13. The highest BCUT2D eigenvalue weighted by Crippen LogP contribution is 2.72. The van der Waals surface area contributed by atoms with Gasteiger partial charge in [0.25, 0.3) is 0 Å². The van der Waals surface area contributed by atoms with Crippen LogP contribution in [0.25, 0.3) is 0 Å². The second kappa shape index (κ2) is 6.33. The van der Waals surface area contributed by atoms with Gasteiger partial charge in [0.05, 0.1) is 30.8 Å². The number of halogens is 1. The van der Waals surface area contributed by atoms with Gasteiger partial charge in [0.1, 0.15) is 22.4 Å². The zero-order valence-electron chi connectivity index (χ0n) is 17.5. The van der Waals surface area contributed by atoms with E-state index in [1.54, 1.807) is 6.92 Å². The Kier molecular flexibility index (Phi) is 4.19. The van der Waals surface area contributed by atoms with Gasteiger partial charge in [-0.1, -0.05) is 0 Å². The van der Waals surface area contributed by atoms with E-state index in [0.717, 1.165) is 23.6 Å². The van der Waals surface area contributed by atoms with E-state index in [9.17, 15) is 13.7 Å². The van der Waals surface area contributed by atoms with E-state index in [0.29, 0.717) is 12.4 Å². The summed E-state index contributed by atoms with van der Waals surface area (Å²) in [4.78, 5) is 4.47. The van der Waals surface area contributed by atoms with Crippen LogP contribution >= 0.6 is 0 Å². The fourth-order valence-electron chi connectivity index (χ4n) is 5.74.